The Kier molecular flexibility index (Phi) is 4.97. The van der Waals surface area contributed by atoms with Crippen LogP contribution in [-0.2, 0) is 6.54 Å². The predicted octanol–water partition coefficient (Wildman–Crippen LogP) is 1.86. The summed E-state index contributed by atoms with van der Waals surface area (Å²) < 4.78 is 18.4. The molecule has 0 aliphatic heterocycles. The third-order valence-electron chi connectivity index (χ3n) is 2.72. The van der Waals surface area contributed by atoms with Gasteiger partial charge in [-0.1, -0.05) is 6.08 Å². The number of nitrogens with zero attached hydrogens (tertiary/aromatic N) is 3. The van der Waals surface area contributed by atoms with E-state index in [4.69, 9.17) is 9.52 Å². The third kappa shape index (κ3) is 3.72. The van der Waals surface area contributed by atoms with Gasteiger partial charge in [-0.25, -0.2) is 4.39 Å². The van der Waals surface area contributed by atoms with Crippen LogP contribution in [0.1, 0.15) is 5.89 Å². The molecule has 0 bridgehead atoms. The van der Waals surface area contributed by atoms with Crippen molar-refractivity contribution in [1.82, 2.24) is 15.1 Å². The highest BCUT2D eigenvalue weighted by molar-refractivity contribution is 5.51. The van der Waals surface area contributed by atoms with E-state index >= 15 is 0 Å². The second kappa shape index (κ2) is 6.93. The molecule has 0 atom stereocenters. The van der Waals surface area contributed by atoms with Gasteiger partial charge in [0.15, 0.2) is 0 Å². The quantitative estimate of drug-likeness (QED) is 0.783. The van der Waals surface area contributed by atoms with Crippen LogP contribution >= 0.6 is 0 Å². The molecule has 0 unspecified atom stereocenters. The average molecular weight is 277 g/mol. The molecule has 0 saturated carbocycles. The standard InChI is InChI=1S/C14H16FN3O2/c1-2-7-18(8-9-19)10-13-16-17-14(20-13)11-3-5-12(15)6-4-11/h2-6,19H,1,7-10H2. The molecule has 1 aromatic carbocycles. The van der Waals surface area contributed by atoms with Gasteiger partial charge in [0, 0.05) is 18.7 Å². The Morgan fingerprint density at radius 3 is 2.70 bits per heavy atom. The Balaban J connectivity index is 2.08. The van der Waals surface area contributed by atoms with Crippen molar-refractivity contribution in [3.63, 3.8) is 0 Å². The van der Waals surface area contributed by atoms with Crippen molar-refractivity contribution < 1.29 is 13.9 Å². The molecule has 0 amide bonds. The first-order valence-electron chi connectivity index (χ1n) is 6.25. The van der Waals surface area contributed by atoms with E-state index in [1.807, 2.05) is 4.90 Å². The Labute approximate surface area is 116 Å². The summed E-state index contributed by atoms with van der Waals surface area (Å²) in [5.41, 5.74) is 0.669. The van der Waals surface area contributed by atoms with E-state index in [1.165, 1.54) is 12.1 Å². The molecule has 0 radical (unpaired) electrons. The van der Waals surface area contributed by atoms with Gasteiger partial charge in [0.05, 0.1) is 13.2 Å². The first-order chi connectivity index (χ1) is 9.72. The Bertz CT molecular complexity index is 554. The zero-order valence-corrected chi connectivity index (χ0v) is 11.0. The SMILES string of the molecule is C=CCN(CCO)Cc1nnc(-c2ccc(F)cc2)o1. The van der Waals surface area contributed by atoms with Gasteiger partial charge in [0.2, 0.25) is 11.8 Å². The first kappa shape index (κ1) is 14.4. The van der Waals surface area contributed by atoms with Crippen molar-refractivity contribution >= 4 is 0 Å². The lowest BCUT2D eigenvalue weighted by Crippen LogP contribution is -2.26. The van der Waals surface area contributed by atoms with Crippen molar-refractivity contribution in [3.05, 3.63) is 48.6 Å². The summed E-state index contributed by atoms with van der Waals surface area (Å²) in [6.45, 7) is 5.26. The van der Waals surface area contributed by atoms with Crippen molar-refractivity contribution in [2.75, 3.05) is 19.7 Å². The van der Waals surface area contributed by atoms with Gasteiger partial charge < -0.3 is 9.52 Å². The monoisotopic (exact) mass is 277 g/mol. The lowest BCUT2D eigenvalue weighted by atomic mass is 10.2. The molecular formula is C14H16FN3O2. The molecule has 5 nitrogen and oxygen atoms in total. The zero-order valence-electron chi connectivity index (χ0n) is 11.0. The van der Waals surface area contributed by atoms with E-state index < -0.39 is 0 Å². The Morgan fingerprint density at radius 2 is 2.05 bits per heavy atom. The van der Waals surface area contributed by atoms with Crippen molar-refractivity contribution in [2.45, 2.75) is 6.54 Å². The second-order valence-corrected chi connectivity index (χ2v) is 4.26. The van der Waals surface area contributed by atoms with E-state index in [2.05, 4.69) is 16.8 Å². The van der Waals surface area contributed by atoms with Crippen LogP contribution in [0.3, 0.4) is 0 Å². The zero-order chi connectivity index (χ0) is 14.4. The van der Waals surface area contributed by atoms with Crippen LogP contribution in [0.2, 0.25) is 0 Å². The molecule has 2 rings (SSSR count). The van der Waals surface area contributed by atoms with E-state index in [0.29, 0.717) is 37.0 Å². The maximum absolute atomic E-state index is 12.8. The molecule has 2 aromatic rings. The minimum atomic E-state index is -0.311. The number of hydrogen-bond acceptors (Lipinski definition) is 5. The number of aromatic nitrogens is 2. The van der Waals surface area contributed by atoms with E-state index in [-0.39, 0.29) is 12.4 Å². The Morgan fingerprint density at radius 1 is 1.30 bits per heavy atom. The molecule has 0 fully saturated rings. The molecule has 6 heteroatoms. The largest absolute Gasteiger partial charge is 0.419 e. The lowest BCUT2D eigenvalue weighted by Gasteiger charge is -2.16. The van der Waals surface area contributed by atoms with Crippen LogP contribution in [-0.4, -0.2) is 39.9 Å². The van der Waals surface area contributed by atoms with Crippen LogP contribution in [0.5, 0.6) is 0 Å². The van der Waals surface area contributed by atoms with Gasteiger partial charge in [-0.05, 0) is 24.3 Å². The molecule has 0 aliphatic carbocycles. The smallest absolute Gasteiger partial charge is 0.247 e. The number of hydrogen-bond donors (Lipinski definition) is 1. The third-order valence-corrected chi connectivity index (χ3v) is 2.72. The van der Waals surface area contributed by atoms with Gasteiger partial charge in [0.1, 0.15) is 5.82 Å². The summed E-state index contributed by atoms with van der Waals surface area (Å²) in [5, 5.41) is 16.9. The maximum atomic E-state index is 12.8. The predicted molar refractivity (Wildman–Crippen MR) is 72.3 cm³/mol. The molecule has 0 aliphatic rings. The van der Waals surface area contributed by atoms with E-state index in [9.17, 15) is 4.39 Å². The summed E-state index contributed by atoms with van der Waals surface area (Å²) in [5.74, 6) is 0.482. The molecule has 0 spiro atoms. The number of rotatable bonds is 7. The van der Waals surface area contributed by atoms with Gasteiger partial charge in [-0.3, -0.25) is 4.90 Å². The van der Waals surface area contributed by atoms with Gasteiger partial charge in [-0.15, -0.1) is 16.8 Å². The van der Waals surface area contributed by atoms with Crippen molar-refractivity contribution in [1.29, 1.82) is 0 Å². The molecule has 1 N–H and O–H groups in total. The highest BCUT2D eigenvalue weighted by atomic mass is 19.1. The van der Waals surface area contributed by atoms with Crippen LogP contribution in [0.25, 0.3) is 11.5 Å². The first-order valence-corrected chi connectivity index (χ1v) is 6.25. The molecule has 1 aromatic heterocycles. The summed E-state index contributed by atoms with van der Waals surface area (Å²) >= 11 is 0. The van der Waals surface area contributed by atoms with Crippen LogP contribution in [0.4, 0.5) is 4.39 Å². The van der Waals surface area contributed by atoms with E-state index in [0.717, 1.165) is 0 Å². The minimum Gasteiger partial charge on any atom is -0.419 e. The summed E-state index contributed by atoms with van der Waals surface area (Å²) in [7, 11) is 0. The number of aliphatic hydroxyl groups is 1. The summed E-state index contributed by atoms with van der Waals surface area (Å²) in [4.78, 5) is 1.93. The van der Waals surface area contributed by atoms with Crippen molar-refractivity contribution in [3.8, 4) is 11.5 Å². The van der Waals surface area contributed by atoms with Crippen LogP contribution in [0, 0.1) is 5.82 Å². The van der Waals surface area contributed by atoms with Gasteiger partial charge in [0.25, 0.3) is 0 Å². The lowest BCUT2D eigenvalue weighted by molar-refractivity contribution is 0.192. The number of halogens is 1. The number of benzene rings is 1. The fourth-order valence-electron chi connectivity index (χ4n) is 1.78. The fourth-order valence-corrected chi connectivity index (χ4v) is 1.78. The summed E-state index contributed by atoms with van der Waals surface area (Å²) in [6, 6.07) is 5.85. The van der Waals surface area contributed by atoms with E-state index in [1.54, 1.807) is 18.2 Å². The fraction of sp³-hybridized carbons (Fsp3) is 0.286. The van der Waals surface area contributed by atoms with Gasteiger partial charge in [-0.2, -0.15) is 0 Å². The Hall–Kier alpha value is -2.05. The summed E-state index contributed by atoms with van der Waals surface area (Å²) in [6.07, 6.45) is 1.74. The highest BCUT2D eigenvalue weighted by Gasteiger charge is 2.12. The number of aliphatic hydroxyl groups excluding tert-OH is 1. The molecule has 106 valence electrons. The second-order valence-electron chi connectivity index (χ2n) is 4.26. The average Bonchev–Trinajstić information content (AvgIpc) is 2.89. The molecule has 0 saturated heterocycles. The molecule has 1 heterocycles. The highest BCUT2D eigenvalue weighted by Crippen LogP contribution is 2.18. The normalized spacial score (nSPS) is 10.9. The van der Waals surface area contributed by atoms with Crippen molar-refractivity contribution in [2.24, 2.45) is 0 Å². The van der Waals surface area contributed by atoms with Crippen LogP contribution < -0.4 is 0 Å². The maximum Gasteiger partial charge on any atom is 0.247 e. The molecular weight excluding hydrogens is 261 g/mol. The molecule has 20 heavy (non-hydrogen) atoms. The van der Waals surface area contributed by atoms with Crippen LogP contribution in [0.15, 0.2) is 41.3 Å². The topological polar surface area (TPSA) is 62.4 Å². The minimum absolute atomic E-state index is 0.0484. The van der Waals surface area contributed by atoms with Gasteiger partial charge >= 0.3 is 0 Å².